The number of nitrogens with two attached hydrogens (primary N) is 1. The maximum atomic E-state index is 14.2. The van der Waals surface area contributed by atoms with Crippen molar-refractivity contribution in [1.29, 1.82) is 0 Å². The van der Waals surface area contributed by atoms with Gasteiger partial charge in [-0.3, -0.25) is 9.78 Å². The minimum atomic E-state index is -0.652. The van der Waals surface area contributed by atoms with Crippen LogP contribution in [0.15, 0.2) is 54.2 Å². The number of benzene rings is 1. The molecule has 0 aliphatic heterocycles. The number of nitrogens with zero attached hydrogens (tertiary/aromatic N) is 3. The number of primary amides is 1. The van der Waals surface area contributed by atoms with Crippen molar-refractivity contribution in [2.75, 3.05) is 0 Å². The van der Waals surface area contributed by atoms with Crippen LogP contribution in [0.3, 0.4) is 0 Å². The molecule has 4 rings (SSSR count). The van der Waals surface area contributed by atoms with E-state index >= 15 is 0 Å². The van der Waals surface area contributed by atoms with Crippen molar-refractivity contribution in [3.63, 3.8) is 0 Å². The molecule has 3 heterocycles. The number of rotatable bonds is 5. The van der Waals surface area contributed by atoms with Crippen molar-refractivity contribution in [3.05, 3.63) is 82.6 Å². The molecular formula is C21H16F2N4OS. The summed E-state index contributed by atoms with van der Waals surface area (Å²) >= 11 is 1.43. The summed E-state index contributed by atoms with van der Waals surface area (Å²) in [7, 11) is 0. The Bertz CT molecular complexity index is 1180. The molecule has 0 unspecified atom stereocenters. The molecule has 0 saturated heterocycles. The second-order valence-corrected chi connectivity index (χ2v) is 7.31. The summed E-state index contributed by atoms with van der Waals surface area (Å²) in [5.41, 5.74) is 8.28. The Morgan fingerprint density at radius 2 is 1.86 bits per heavy atom. The monoisotopic (exact) mass is 410 g/mol. The molecule has 146 valence electrons. The minimum absolute atomic E-state index is 0.0882. The summed E-state index contributed by atoms with van der Waals surface area (Å²) < 4.78 is 30.1. The van der Waals surface area contributed by atoms with E-state index in [1.165, 1.54) is 29.5 Å². The Kier molecular flexibility index (Phi) is 4.94. The number of pyridine rings is 1. The lowest BCUT2D eigenvalue weighted by Gasteiger charge is -2.12. The number of carbonyl (C=O) groups excluding carboxylic acids is 1. The van der Waals surface area contributed by atoms with Gasteiger partial charge in [-0.05, 0) is 37.3 Å². The molecule has 2 N–H and O–H groups in total. The van der Waals surface area contributed by atoms with Gasteiger partial charge in [-0.1, -0.05) is 6.07 Å². The van der Waals surface area contributed by atoms with Crippen molar-refractivity contribution >= 4 is 17.2 Å². The maximum absolute atomic E-state index is 14.2. The molecule has 0 atom stereocenters. The molecule has 0 fully saturated rings. The first-order valence-corrected chi connectivity index (χ1v) is 9.62. The number of halogens is 2. The Hall–Kier alpha value is -3.39. The summed E-state index contributed by atoms with van der Waals surface area (Å²) in [6.45, 7) is 1.60. The van der Waals surface area contributed by atoms with E-state index in [2.05, 4.69) is 9.97 Å². The molecule has 1 aromatic carbocycles. The van der Waals surface area contributed by atoms with Gasteiger partial charge in [-0.25, -0.2) is 13.8 Å². The van der Waals surface area contributed by atoms with Gasteiger partial charge >= 0.3 is 0 Å². The van der Waals surface area contributed by atoms with E-state index < -0.39 is 17.5 Å². The predicted octanol–water partition coefficient (Wildman–Crippen LogP) is 4.41. The van der Waals surface area contributed by atoms with Crippen LogP contribution in [0.1, 0.15) is 21.6 Å². The van der Waals surface area contributed by atoms with Gasteiger partial charge in [0.1, 0.15) is 16.6 Å². The molecule has 29 heavy (non-hydrogen) atoms. The Morgan fingerprint density at radius 1 is 1.17 bits per heavy atom. The Morgan fingerprint density at radius 3 is 2.52 bits per heavy atom. The third-order valence-electron chi connectivity index (χ3n) is 4.70. The van der Waals surface area contributed by atoms with Crippen LogP contribution in [-0.4, -0.2) is 20.4 Å². The van der Waals surface area contributed by atoms with E-state index in [1.54, 1.807) is 30.0 Å². The standard InChI is InChI=1S/C21H16F2N4OS/c1-12-14(20(24)28)9-19(27(12)10-15-16(22)3-2-4-17(15)23)18-11-29-21(26-18)13-5-7-25-8-6-13/h2-9,11H,10H2,1H3,(H2,24,28). The summed E-state index contributed by atoms with van der Waals surface area (Å²) in [4.78, 5) is 20.5. The molecule has 0 saturated carbocycles. The van der Waals surface area contributed by atoms with E-state index in [4.69, 9.17) is 5.73 Å². The molecule has 3 aromatic heterocycles. The summed E-state index contributed by atoms with van der Waals surface area (Å²) in [6.07, 6.45) is 3.35. The number of thiazole rings is 1. The van der Waals surface area contributed by atoms with Gasteiger partial charge in [0.05, 0.1) is 23.5 Å². The first-order chi connectivity index (χ1) is 14.0. The SMILES string of the molecule is Cc1c(C(N)=O)cc(-c2csc(-c3ccncc3)n2)n1Cc1c(F)cccc1F. The van der Waals surface area contributed by atoms with Crippen LogP contribution in [0.4, 0.5) is 8.78 Å². The van der Waals surface area contributed by atoms with E-state index in [-0.39, 0.29) is 17.7 Å². The average Bonchev–Trinajstić information content (AvgIpc) is 3.31. The minimum Gasteiger partial charge on any atom is -0.366 e. The van der Waals surface area contributed by atoms with Gasteiger partial charge in [-0.2, -0.15) is 0 Å². The lowest BCUT2D eigenvalue weighted by molar-refractivity contribution is 0.0999. The molecule has 1 amide bonds. The third kappa shape index (κ3) is 3.54. The first-order valence-electron chi connectivity index (χ1n) is 8.75. The average molecular weight is 410 g/mol. The van der Waals surface area contributed by atoms with Crippen molar-refractivity contribution in [2.45, 2.75) is 13.5 Å². The molecular weight excluding hydrogens is 394 g/mol. The van der Waals surface area contributed by atoms with E-state index in [0.29, 0.717) is 17.1 Å². The van der Waals surface area contributed by atoms with Gasteiger partial charge in [0, 0.05) is 34.6 Å². The zero-order chi connectivity index (χ0) is 20.5. The normalized spacial score (nSPS) is 11.0. The third-order valence-corrected chi connectivity index (χ3v) is 5.60. The van der Waals surface area contributed by atoms with Crippen molar-refractivity contribution in [2.24, 2.45) is 5.73 Å². The fourth-order valence-corrected chi connectivity index (χ4v) is 3.99. The van der Waals surface area contributed by atoms with E-state index in [9.17, 15) is 13.6 Å². The van der Waals surface area contributed by atoms with Gasteiger partial charge < -0.3 is 10.3 Å². The molecule has 5 nitrogen and oxygen atoms in total. The van der Waals surface area contributed by atoms with Crippen LogP contribution in [-0.2, 0) is 6.54 Å². The van der Waals surface area contributed by atoms with Crippen LogP contribution < -0.4 is 5.73 Å². The van der Waals surface area contributed by atoms with Gasteiger partial charge in [0.25, 0.3) is 5.91 Å². The number of carbonyl (C=O) groups is 1. The van der Waals surface area contributed by atoms with Crippen molar-refractivity contribution in [3.8, 4) is 22.0 Å². The highest BCUT2D eigenvalue weighted by atomic mass is 32.1. The molecule has 0 bridgehead atoms. The van der Waals surface area contributed by atoms with Gasteiger partial charge in [0.15, 0.2) is 0 Å². The van der Waals surface area contributed by atoms with Crippen LogP contribution in [0.2, 0.25) is 0 Å². The fourth-order valence-electron chi connectivity index (χ4n) is 3.17. The van der Waals surface area contributed by atoms with E-state index in [1.807, 2.05) is 17.5 Å². The van der Waals surface area contributed by atoms with Crippen LogP contribution in [0.5, 0.6) is 0 Å². The van der Waals surface area contributed by atoms with Crippen LogP contribution in [0, 0.1) is 18.6 Å². The smallest absolute Gasteiger partial charge is 0.250 e. The maximum Gasteiger partial charge on any atom is 0.250 e. The predicted molar refractivity (Wildman–Crippen MR) is 107 cm³/mol. The Balaban J connectivity index is 1.83. The summed E-state index contributed by atoms with van der Waals surface area (Å²) in [5, 5.41) is 2.61. The molecule has 0 spiro atoms. The highest BCUT2D eigenvalue weighted by molar-refractivity contribution is 7.13. The second-order valence-electron chi connectivity index (χ2n) is 6.45. The quantitative estimate of drug-likeness (QED) is 0.530. The highest BCUT2D eigenvalue weighted by Gasteiger charge is 2.21. The highest BCUT2D eigenvalue weighted by Crippen LogP contribution is 2.32. The largest absolute Gasteiger partial charge is 0.366 e. The number of hydrogen-bond donors (Lipinski definition) is 1. The summed E-state index contributed by atoms with van der Waals surface area (Å²) in [5.74, 6) is -1.91. The van der Waals surface area contributed by atoms with E-state index in [0.717, 1.165) is 10.6 Å². The van der Waals surface area contributed by atoms with Crippen molar-refractivity contribution in [1.82, 2.24) is 14.5 Å². The lowest BCUT2D eigenvalue weighted by Crippen LogP contribution is -2.13. The van der Waals surface area contributed by atoms with Gasteiger partial charge in [0.2, 0.25) is 0 Å². The first kappa shape index (κ1) is 18.9. The zero-order valence-corrected chi connectivity index (χ0v) is 16.2. The lowest BCUT2D eigenvalue weighted by atomic mass is 10.2. The number of amides is 1. The zero-order valence-electron chi connectivity index (χ0n) is 15.4. The topological polar surface area (TPSA) is 73.8 Å². The molecule has 0 radical (unpaired) electrons. The number of aromatic nitrogens is 3. The summed E-state index contributed by atoms with van der Waals surface area (Å²) in [6, 6.07) is 9.02. The van der Waals surface area contributed by atoms with Gasteiger partial charge in [-0.15, -0.1) is 11.3 Å². The van der Waals surface area contributed by atoms with Crippen LogP contribution >= 0.6 is 11.3 Å². The van der Waals surface area contributed by atoms with Crippen molar-refractivity contribution < 1.29 is 13.6 Å². The molecule has 0 aliphatic carbocycles. The van der Waals surface area contributed by atoms with Crippen LogP contribution in [0.25, 0.3) is 22.0 Å². The second kappa shape index (κ2) is 7.56. The molecule has 8 heteroatoms. The Labute approximate surface area is 169 Å². The molecule has 4 aromatic rings. The molecule has 0 aliphatic rings. The fraction of sp³-hybridized carbons (Fsp3) is 0.0952. The number of hydrogen-bond acceptors (Lipinski definition) is 4.